The maximum atomic E-state index is 9.89. The Morgan fingerprint density at radius 3 is 2.90 bits per heavy atom. The first-order chi connectivity index (χ1) is 10.0. The van der Waals surface area contributed by atoms with Crippen LogP contribution in [0.25, 0.3) is 5.65 Å². The van der Waals surface area contributed by atoms with Crippen LogP contribution in [-0.2, 0) is 6.54 Å². The Morgan fingerprint density at radius 2 is 2.10 bits per heavy atom. The Bertz CT molecular complexity index is 821. The van der Waals surface area contributed by atoms with Gasteiger partial charge in [0.2, 0.25) is 5.95 Å². The van der Waals surface area contributed by atoms with E-state index in [2.05, 4.69) is 31.3 Å². The second-order valence-electron chi connectivity index (χ2n) is 4.33. The third-order valence-electron chi connectivity index (χ3n) is 2.84. The number of pyridine rings is 1. The molecule has 5 nitrogen and oxygen atoms in total. The van der Waals surface area contributed by atoms with Gasteiger partial charge in [0, 0.05) is 27.8 Å². The van der Waals surface area contributed by atoms with E-state index in [1.165, 1.54) is 6.07 Å². The van der Waals surface area contributed by atoms with Gasteiger partial charge in [-0.3, -0.25) is 0 Å². The molecule has 0 unspecified atom stereocenters. The minimum atomic E-state index is 0.0000697. The third-order valence-corrected chi connectivity index (χ3v) is 3.81. The first-order valence-corrected chi connectivity index (χ1v) is 7.50. The van der Waals surface area contributed by atoms with Crippen LogP contribution in [0, 0.1) is 0 Å². The third kappa shape index (κ3) is 3.07. The van der Waals surface area contributed by atoms with Crippen molar-refractivity contribution >= 4 is 50.7 Å². The standard InChI is InChI=1S/C13H9BrCl2N4O/c14-8-1-2-11-18-13(19-20(11)6-8)17-5-7-3-9(15)4-10(16)12(7)21/h1-4,6,21H,5H2,(H,17,19). The fourth-order valence-electron chi connectivity index (χ4n) is 1.86. The molecular weight excluding hydrogens is 379 g/mol. The molecule has 2 aromatic heterocycles. The second-order valence-corrected chi connectivity index (χ2v) is 6.09. The van der Waals surface area contributed by atoms with E-state index in [1.54, 1.807) is 16.8 Å². The molecule has 0 saturated heterocycles. The molecule has 2 N–H and O–H groups in total. The lowest BCUT2D eigenvalue weighted by Gasteiger charge is -2.07. The van der Waals surface area contributed by atoms with E-state index in [1.807, 2.05) is 12.1 Å². The number of phenols is 1. The summed E-state index contributed by atoms with van der Waals surface area (Å²) in [5.74, 6) is 0.448. The van der Waals surface area contributed by atoms with Crippen LogP contribution < -0.4 is 5.32 Å². The molecule has 21 heavy (non-hydrogen) atoms. The van der Waals surface area contributed by atoms with E-state index in [-0.39, 0.29) is 10.8 Å². The van der Waals surface area contributed by atoms with Crippen molar-refractivity contribution in [2.24, 2.45) is 0 Å². The number of aromatic hydroxyl groups is 1. The van der Waals surface area contributed by atoms with Gasteiger partial charge in [-0.2, -0.15) is 4.98 Å². The monoisotopic (exact) mass is 386 g/mol. The van der Waals surface area contributed by atoms with Gasteiger partial charge in [0.1, 0.15) is 5.75 Å². The maximum absolute atomic E-state index is 9.89. The number of benzene rings is 1. The number of hydrogen-bond acceptors (Lipinski definition) is 4. The van der Waals surface area contributed by atoms with Crippen molar-refractivity contribution in [2.75, 3.05) is 5.32 Å². The topological polar surface area (TPSA) is 62.5 Å². The minimum absolute atomic E-state index is 0.0000697. The van der Waals surface area contributed by atoms with Gasteiger partial charge in [-0.25, -0.2) is 4.52 Å². The van der Waals surface area contributed by atoms with Crippen LogP contribution in [0.2, 0.25) is 10.0 Å². The van der Waals surface area contributed by atoms with Crippen molar-refractivity contribution in [3.63, 3.8) is 0 Å². The Hall–Kier alpha value is -1.50. The molecule has 2 heterocycles. The van der Waals surface area contributed by atoms with E-state index in [0.29, 0.717) is 28.7 Å². The predicted molar refractivity (Wildman–Crippen MR) is 86.1 cm³/mol. The number of hydrogen-bond donors (Lipinski definition) is 2. The largest absolute Gasteiger partial charge is 0.506 e. The summed E-state index contributed by atoms with van der Waals surface area (Å²) in [5.41, 5.74) is 1.29. The number of phenolic OH excluding ortho intramolecular Hbond substituents is 1. The van der Waals surface area contributed by atoms with Gasteiger partial charge in [-0.15, -0.1) is 5.10 Å². The summed E-state index contributed by atoms with van der Waals surface area (Å²) in [4.78, 5) is 4.32. The van der Waals surface area contributed by atoms with Gasteiger partial charge < -0.3 is 10.4 Å². The van der Waals surface area contributed by atoms with Crippen molar-refractivity contribution in [1.82, 2.24) is 14.6 Å². The Morgan fingerprint density at radius 1 is 1.29 bits per heavy atom. The molecule has 108 valence electrons. The second kappa shape index (κ2) is 5.71. The molecule has 0 aliphatic carbocycles. The normalized spacial score (nSPS) is 11.0. The van der Waals surface area contributed by atoms with Crippen molar-refractivity contribution in [3.05, 3.63) is 50.5 Å². The van der Waals surface area contributed by atoms with Gasteiger partial charge >= 0.3 is 0 Å². The van der Waals surface area contributed by atoms with Crippen LogP contribution in [0.3, 0.4) is 0 Å². The van der Waals surface area contributed by atoms with E-state index >= 15 is 0 Å². The highest BCUT2D eigenvalue weighted by Crippen LogP contribution is 2.31. The van der Waals surface area contributed by atoms with Gasteiger partial charge in [0.25, 0.3) is 0 Å². The minimum Gasteiger partial charge on any atom is -0.506 e. The van der Waals surface area contributed by atoms with Crippen LogP contribution in [0.4, 0.5) is 5.95 Å². The quantitative estimate of drug-likeness (QED) is 0.709. The number of nitrogens with zero attached hydrogens (tertiary/aromatic N) is 3. The summed E-state index contributed by atoms with van der Waals surface area (Å²) in [6.07, 6.45) is 1.81. The van der Waals surface area contributed by atoms with E-state index in [4.69, 9.17) is 23.2 Å². The summed E-state index contributed by atoms with van der Waals surface area (Å²) in [6, 6.07) is 6.86. The molecule has 0 saturated carbocycles. The van der Waals surface area contributed by atoms with E-state index in [9.17, 15) is 5.11 Å². The number of nitrogens with one attached hydrogen (secondary N) is 1. The predicted octanol–water partition coefficient (Wildman–Crippen LogP) is 4.12. The lowest BCUT2D eigenvalue weighted by molar-refractivity contribution is 0.469. The zero-order chi connectivity index (χ0) is 15.0. The summed E-state index contributed by atoms with van der Waals surface area (Å²) in [7, 11) is 0. The molecule has 3 rings (SSSR count). The fourth-order valence-corrected chi connectivity index (χ4v) is 2.72. The summed E-state index contributed by atoms with van der Waals surface area (Å²) >= 11 is 15.2. The molecule has 0 bridgehead atoms. The van der Waals surface area contributed by atoms with E-state index < -0.39 is 0 Å². The first-order valence-electron chi connectivity index (χ1n) is 5.95. The van der Waals surface area contributed by atoms with Gasteiger partial charge in [0.15, 0.2) is 5.65 Å². The molecular formula is C13H9BrCl2N4O. The first kappa shape index (κ1) is 14.4. The van der Waals surface area contributed by atoms with Crippen molar-refractivity contribution in [3.8, 4) is 5.75 Å². The van der Waals surface area contributed by atoms with Crippen molar-refractivity contribution in [2.45, 2.75) is 6.54 Å². The van der Waals surface area contributed by atoms with E-state index in [0.717, 1.165) is 4.47 Å². The smallest absolute Gasteiger partial charge is 0.243 e. The molecule has 1 aromatic carbocycles. The molecule has 0 spiro atoms. The Kier molecular flexibility index (Phi) is 3.93. The molecule has 0 amide bonds. The maximum Gasteiger partial charge on any atom is 0.243 e. The molecule has 3 aromatic rings. The van der Waals surface area contributed by atoms with Gasteiger partial charge in [-0.05, 0) is 40.2 Å². The van der Waals surface area contributed by atoms with Crippen LogP contribution in [0.1, 0.15) is 5.56 Å². The van der Waals surface area contributed by atoms with Gasteiger partial charge in [-0.1, -0.05) is 23.2 Å². The fraction of sp³-hybridized carbons (Fsp3) is 0.0769. The highest BCUT2D eigenvalue weighted by Gasteiger charge is 2.09. The van der Waals surface area contributed by atoms with Crippen molar-refractivity contribution in [1.29, 1.82) is 0 Å². The number of anilines is 1. The number of rotatable bonds is 3. The summed E-state index contributed by atoms with van der Waals surface area (Å²) in [6.45, 7) is 0.310. The van der Waals surface area contributed by atoms with Crippen LogP contribution in [0.15, 0.2) is 34.9 Å². The molecule has 0 aliphatic rings. The lowest BCUT2D eigenvalue weighted by Crippen LogP contribution is -2.02. The molecule has 0 fully saturated rings. The average Bonchev–Trinajstić information content (AvgIpc) is 2.83. The lowest BCUT2D eigenvalue weighted by atomic mass is 10.2. The molecule has 0 atom stereocenters. The highest BCUT2D eigenvalue weighted by molar-refractivity contribution is 9.10. The zero-order valence-corrected chi connectivity index (χ0v) is 13.6. The van der Waals surface area contributed by atoms with Crippen LogP contribution in [0.5, 0.6) is 5.75 Å². The Balaban J connectivity index is 1.83. The molecule has 0 aliphatic heterocycles. The number of fused-ring (bicyclic) bond motifs is 1. The highest BCUT2D eigenvalue weighted by atomic mass is 79.9. The van der Waals surface area contributed by atoms with Crippen LogP contribution >= 0.6 is 39.1 Å². The van der Waals surface area contributed by atoms with Crippen molar-refractivity contribution < 1.29 is 5.11 Å². The Labute approximate surface area is 138 Å². The number of aromatic nitrogens is 3. The van der Waals surface area contributed by atoms with Gasteiger partial charge in [0.05, 0.1) is 5.02 Å². The zero-order valence-electron chi connectivity index (χ0n) is 10.5. The number of halogens is 3. The summed E-state index contributed by atoms with van der Waals surface area (Å²) in [5, 5.41) is 17.9. The molecule has 0 radical (unpaired) electrons. The summed E-state index contributed by atoms with van der Waals surface area (Å²) < 4.78 is 2.56. The van der Waals surface area contributed by atoms with Crippen LogP contribution in [-0.4, -0.2) is 19.7 Å². The SMILES string of the molecule is Oc1c(Cl)cc(Cl)cc1CNc1nc2ccc(Br)cn2n1. The average molecular weight is 388 g/mol. The molecule has 8 heteroatoms.